The Morgan fingerprint density at radius 3 is 1.56 bits per heavy atom. The van der Waals surface area contributed by atoms with E-state index in [-0.39, 0.29) is 11.6 Å². The summed E-state index contributed by atoms with van der Waals surface area (Å²) in [5, 5.41) is 0. The van der Waals surface area contributed by atoms with Gasteiger partial charge in [-0.15, -0.1) is 0 Å². The fourth-order valence-electron chi connectivity index (χ4n) is 4.20. The molecule has 162 valence electrons. The van der Waals surface area contributed by atoms with Crippen molar-refractivity contribution in [3.05, 3.63) is 156 Å². The second-order valence-electron chi connectivity index (χ2n) is 8.07. The van der Waals surface area contributed by atoms with E-state index in [1.165, 1.54) is 0 Å². The maximum atomic E-state index is 13.8. The zero-order valence-electron chi connectivity index (χ0n) is 18.5. The molecule has 2 nitrogen and oxygen atoms in total. The first-order valence-electron chi connectivity index (χ1n) is 11.2. The summed E-state index contributed by atoms with van der Waals surface area (Å²) in [7, 11) is 0. The molecule has 0 atom stereocenters. The molecule has 5 rings (SSSR count). The molecular weight excluding hydrogens is 416 g/mol. The molecule has 0 bridgehead atoms. The Hall–Kier alpha value is -4.56. The van der Waals surface area contributed by atoms with Gasteiger partial charge >= 0.3 is 0 Å². The first-order chi connectivity index (χ1) is 16.7. The second-order valence-corrected chi connectivity index (χ2v) is 8.07. The lowest BCUT2D eigenvalue weighted by atomic mass is 9.86. The highest BCUT2D eigenvalue weighted by atomic mass is 16.1. The zero-order chi connectivity index (χ0) is 23.3. The summed E-state index contributed by atoms with van der Waals surface area (Å²) in [6.07, 6.45) is 0. The maximum absolute atomic E-state index is 13.8. The molecule has 0 fully saturated rings. The van der Waals surface area contributed by atoms with Crippen LogP contribution in [0, 0.1) is 0 Å². The van der Waals surface area contributed by atoms with Crippen molar-refractivity contribution in [1.82, 2.24) is 0 Å². The zero-order valence-corrected chi connectivity index (χ0v) is 18.5. The normalized spacial score (nSPS) is 10.6. The SMILES string of the molecule is O=C(c1ccccc1)c1cccc(-c2cccc(-c3ccccc3)c2)c1C(=O)c1ccccc1. The van der Waals surface area contributed by atoms with Gasteiger partial charge in [-0.05, 0) is 28.3 Å². The van der Waals surface area contributed by atoms with Crippen LogP contribution in [0.5, 0.6) is 0 Å². The number of ketones is 2. The van der Waals surface area contributed by atoms with E-state index in [0.29, 0.717) is 22.3 Å². The Labute approximate surface area is 199 Å². The molecule has 0 heterocycles. The smallest absolute Gasteiger partial charge is 0.194 e. The minimum absolute atomic E-state index is 0.166. The molecule has 0 saturated heterocycles. The molecule has 34 heavy (non-hydrogen) atoms. The minimum atomic E-state index is -0.166. The lowest BCUT2D eigenvalue weighted by Crippen LogP contribution is -2.13. The quantitative estimate of drug-likeness (QED) is 0.258. The standard InChI is InChI=1S/C32H22O2/c33-31(24-14-6-2-7-15-24)29-21-11-20-28(30(29)32(34)25-16-8-3-9-17-25)27-19-10-18-26(22-27)23-12-4-1-5-13-23/h1-22H. The van der Waals surface area contributed by atoms with Crippen LogP contribution in [-0.2, 0) is 0 Å². The fourth-order valence-corrected chi connectivity index (χ4v) is 4.20. The summed E-state index contributed by atoms with van der Waals surface area (Å²) >= 11 is 0. The third kappa shape index (κ3) is 4.22. The molecule has 5 aromatic rings. The first-order valence-corrected chi connectivity index (χ1v) is 11.2. The summed E-state index contributed by atoms with van der Waals surface area (Å²) in [6.45, 7) is 0. The van der Waals surface area contributed by atoms with Crippen molar-refractivity contribution < 1.29 is 9.59 Å². The van der Waals surface area contributed by atoms with Gasteiger partial charge in [-0.25, -0.2) is 0 Å². The Kier molecular flexibility index (Phi) is 5.96. The summed E-state index contributed by atoms with van der Waals surface area (Å²) in [5.74, 6) is -0.332. The van der Waals surface area contributed by atoms with Gasteiger partial charge in [-0.2, -0.15) is 0 Å². The van der Waals surface area contributed by atoms with Gasteiger partial charge in [0.1, 0.15) is 0 Å². The molecule has 0 radical (unpaired) electrons. The predicted octanol–water partition coefficient (Wildman–Crippen LogP) is 7.48. The van der Waals surface area contributed by atoms with Gasteiger partial charge in [0.25, 0.3) is 0 Å². The van der Waals surface area contributed by atoms with Crippen LogP contribution < -0.4 is 0 Å². The summed E-state index contributed by atoms with van der Waals surface area (Å²) in [5.41, 5.74) is 5.72. The van der Waals surface area contributed by atoms with E-state index in [0.717, 1.165) is 22.3 Å². The van der Waals surface area contributed by atoms with E-state index >= 15 is 0 Å². The molecule has 0 amide bonds. The molecule has 0 aliphatic rings. The molecule has 0 spiro atoms. The number of rotatable bonds is 6. The van der Waals surface area contributed by atoms with Crippen molar-refractivity contribution in [3.8, 4) is 22.3 Å². The number of hydrogen-bond acceptors (Lipinski definition) is 2. The molecule has 0 unspecified atom stereocenters. The van der Waals surface area contributed by atoms with Gasteiger partial charge in [-0.3, -0.25) is 9.59 Å². The van der Waals surface area contributed by atoms with E-state index in [9.17, 15) is 9.59 Å². The molecule has 0 aromatic heterocycles. The third-order valence-corrected chi connectivity index (χ3v) is 5.89. The lowest BCUT2D eigenvalue weighted by molar-refractivity contribution is 0.100. The van der Waals surface area contributed by atoms with Crippen molar-refractivity contribution in [3.63, 3.8) is 0 Å². The highest BCUT2D eigenvalue weighted by molar-refractivity contribution is 6.22. The Balaban J connectivity index is 1.71. The van der Waals surface area contributed by atoms with Crippen LogP contribution in [0.1, 0.15) is 31.8 Å². The fraction of sp³-hybridized carbons (Fsp3) is 0. The topological polar surface area (TPSA) is 34.1 Å². The Bertz CT molecular complexity index is 1450. The molecule has 0 N–H and O–H groups in total. The number of hydrogen-bond donors (Lipinski definition) is 0. The number of benzene rings is 5. The molecular formula is C32H22O2. The largest absolute Gasteiger partial charge is 0.289 e. The monoisotopic (exact) mass is 438 g/mol. The van der Waals surface area contributed by atoms with Gasteiger partial charge < -0.3 is 0 Å². The highest BCUT2D eigenvalue weighted by Crippen LogP contribution is 2.32. The Morgan fingerprint density at radius 1 is 0.412 bits per heavy atom. The van der Waals surface area contributed by atoms with E-state index in [4.69, 9.17) is 0 Å². The van der Waals surface area contributed by atoms with Crippen LogP contribution in [-0.4, -0.2) is 11.6 Å². The second kappa shape index (κ2) is 9.51. The van der Waals surface area contributed by atoms with Crippen molar-refractivity contribution in [2.75, 3.05) is 0 Å². The predicted molar refractivity (Wildman–Crippen MR) is 137 cm³/mol. The van der Waals surface area contributed by atoms with Crippen LogP contribution >= 0.6 is 0 Å². The van der Waals surface area contributed by atoms with E-state index in [2.05, 4.69) is 24.3 Å². The molecule has 0 saturated carbocycles. The highest BCUT2D eigenvalue weighted by Gasteiger charge is 2.23. The Morgan fingerprint density at radius 2 is 0.912 bits per heavy atom. The van der Waals surface area contributed by atoms with Gasteiger partial charge in [-0.1, -0.05) is 127 Å². The van der Waals surface area contributed by atoms with Crippen LogP contribution in [0.15, 0.2) is 133 Å². The van der Waals surface area contributed by atoms with Crippen LogP contribution in [0.2, 0.25) is 0 Å². The van der Waals surface area contributed by atoms with Crippen molar-refractivity contribution in [2.24, 2.45) is 0 Å². The lowest BCUT2D eigenvalue weighted by Gasteiger charge is -2.15. The van der Waals surface area contributed by atoms with Crippen LogP contribution in [0.4, 0.5) is 0 Å². The molecule has 2 heteroatoms. The summed E-state index contributed by atoms with van der Waals surface area (Å²) in [6, 6.07) is 42.0. The van der Waals surface area contributed by atoms with E-state index in [1.807, 2.05) is 78.9 Å². The van der Waals surface area contributed by atoms with E-state index < -0.39 is 0 Å². The average molecular weight is 439 g/mol. The minimum Gasteiger partial charge on any atom is -0.289 e. The van der Waals surface area contributed by atoms with Crippen molar-refractivity contribution in [2.45, 2.75) is 0 Å². The first kappa shape index (κ1) is 21.3. The summed E-state index contributed by atoms with van der Waals surface area (Å²) < 4.78 is 0. The van der Waals surface area contributed by atoms with Gasteiger partial charge in [0, 0.05) is 22.3 Å². The van der Waals surface area contributed by atoms with Gasteiger partial charge in [0.15, 0.2) is 11.6 Å². The van der Waals surface area contributed by atoms with Gasteiger partial charge in [0.05, 0.1) is 0 Å². The van der Waals surface area contributed by atoms with Crippen LogP contribution in [0.3, 0.4) is 0 Å². The average Bonchev–Trinajstić information content (AvgIpc) is 2.93. The molecule has 5 aromatic carbocycles. The number of carbonyl (C=O) groups is 2. The maximum Gasteiger partial charge on any atom is 0.194 e. The number of carbonyl (C=O) groups excluding carboxylic acids is 2. The molecule has 0 aliphatic heterocycles. The van der Waals surface area contributed by atoms with Crippen molar-refractivity contribution >= 4 is 11.6 Å². The van der Waals surface area contributed by atoms with Crippen LogP contribution in [0.25, 0.3) is 22.3 Å². The van der Waals surface area contributed by atoms with E-state index in [1.54, 1.807) is 30.3 Å². The molecule has 0 aliphatic carbocycles. The third-order valence-electron chi connectivity index (χ3n) is 5.89. The summed E-state index contributed by atoms with van der Waals surface area (Å²) in [4.78, 5) is 27.3. The van der Waals surface area contributed by atoms with Gasteiger partial charge in [0.2, 0.25) is 0 Å². The van der Waals surface area contributed by atoms with Crippen molar-refractivity contribution in [1.29, 1.82) is 0 Å².